The molecule has 5 nitrogen and oxygen atoms in total. The molecule has 0 aliphatic heterocycles. The Hall–Kier alpha value is -1.66. The van der Waals surface area contributed by atoms with Crippen molar-refractivity contribution >= 4 is 27.6 Å². The Morgan fingerprint density at radius 2 is 1.91 bits per heavy atom. The van der Waals surface area contributed by atoms with E-state index < -0.39 is 0 Å². The molecule has 0 radical (unpaired) electrons. The average Bonchev–Trinajstić information content (AvgIpc) is 2.54. The molecule has 0 aliphatic rings. The molecule has 0 saturated heterocycles. The second kappa shape index (κ2) is 8.70. The van der Waals surface area contributed by atoms with Crippen LogP contribution in [-0.4, -0.2) is 41.1 Å². The van der Waals surface area contributed by atoms with Crippen molar-refractivity contribution in [1.82, 2.24) is 14.9 Å². The highest BCUT2D eigenvalue weighted by atomic mass is 79.9. The fraction of sp³-hybridized carbons (Fsp3) is 0.375. The molecule has 6 heteroatoms. The normalized spacial score (nSPS) is 10.7. The van der Waals surface area contributed by atoms with Gasteiger partial charge < -0.3 is 15.0 Å². The highest BCUT2D eigenvalue weighted by Crippen LogP contribution is 2.20. The maximum atomic E-state index is 5.81. The number of halogens is 1. The number of rotatable bonds is 8. The lowest BCUT2D eigenvalue weighted by Crippen LogP contribution is -2.27. The second-order valence-electron chi connectivity index (χ2n) is 4.75. The lowest BCUT2D eigenvalue weighted by Gasteiger charge is -2.18. The third kappa shape index (κ3) is 5.27. The average molecular weight is 365 g/mol. The number of ether oxygens (including phenoxy) is 1. The second-order valence-corrected chi connectivity index (χ2v) is 5.67. The molecule has 0 aliphatic carbocycles. The Morgan fingerprint density at radius 1 is 1.18 bits per heavy atom. The Labute approximate surface area is 139 Å². The number of anilines is 2. The fourth-order valence-corrected chi connectivity index (χ4v) is 2.21. The molecule has 1 N–H and O–H groups in total. The smallest absolute Gasteiger partial charge is 0.227 e. The summed E-state index contributed by atoms with van der Waals surface area (Å²) in [6, 6.07) is 7.82. The van der Waals surface area contributed by atoms with E-state index in [0.717, 1.165) is 35.5 Å². The first kappa shape index (κ1) is 16.7. The molecule has 118 valence electrons. The number of nitrogens with zero attached hydrogens (tertiary/aromatic N) is 3. The molecule has 0 amide bonds. The summed E-state index contributed by atoms with van der Waals surface area (Å²) in [5.74, 6) is 1.40. The molecule has 0 unspecified atom stereocenters. The molecule has 0 bridgehead atoms. The molecular weight excluding hydrogens is 344 g/mol. The van der Waals surface area contributed by atoms with E-state index in [1.807, 2.05) is 24.3 Å². The molecule has 22 heavy (non-hydrogen) atoms. The highest BCUT2D eigenvalue weighted by molar-refractivity contribution is 9.10. The third-order valence-corrected chi connectivity index (χ3v) is 3.69. The molecular formula is C16H21BrN4O. The van der Waals surface area contributed by atoms with Gasteiger partial charge in [-0.3, -0.25) is 0 Å². The van der Waals surface area contributed by atoms with Crippen LogP contribution >= 0.6 is 15.9 Å². The van der Waals surface area contributed by atoms with E-state index in [0.29, 0.717) is 12.6 Å². The molecule has 0 saturated carbocycles. The molecule has 0 fully saturated rings. The predicted octanol–water partition coefficient (Wildman–Crippen LogP) is 3.70. The number of aromatic nitrogens is 2. The topological polar surface area (TPSA) is 50.3 Å². The van der Waals surface area contributed by atoms with Gasteiger partial charge >= 0.3 is 0 Å². The van der Waals surface area contributed by atoms with Crippen LogP contribution in [0.3, 0.4) is 0 Å². The van der Waals surface area contributed by atoms with Gasteiger partial charge in [-0.15, -0.1) is 0 Å². The predicted molar refractivity (Wildman–Crippen MR) is 92.7 cm³/mol. The summed E-state index contributed by atoms with van der Waals surface area (Å²) in [5, 5.41) is 3.16. The zero-order chi connectivity index (χ0) is 15.8. The number of benzene rings is 1. The minimum atomic E-state index is 0.559. The Morgan fingerprint density at radius 3 is 2.59 bits per heavy atom. The van der Waals surface area contributed by atoms with Gasteiger partial charge in [-0.2, -0.15) is 0 Å². The van der Waals surface area contributed by atoms with E-state index in [4.69, 9.17) is 4.74 Å². The van der Waals surface area contributed by atoms with E-state index in [9.17, 15) is 0 Å². The number of likely N-dealkylation sites (N-methyl/N-ethyl adjacent to an activating group) is 1. The molecule has 0 spiro atoms. The van der Waals surface area contributed by atoms with E-state index in [1.165, 1.54) is 0 Å². The summed E-state index contributed by atoms with van der Waals surface area (Å²) in [5.41, 5.74) is 0.905. The number of hydrogen-bond acceptors (Lipinski definition) is 5. The molecule has 1 aromatic heterocycles. The monoisotopic (exact) mass is 364 g/mol. The number of hydrogen-bond donors (Lipinski definition) is 1. The minimum Gasteiger partial charge on any atom is -0.492 e. The van der Waals surface area contributed by atoms with E-state index in [2.05, 4.69) is 50.0 Å². The Kier molecular flexibility index (Phi) is 6.61. The summed E-state index contributed by atoms with van der Waals surface area (Å²) in [4.78, 5) is 10.7. The van der Waals surface area contributed by atoms with Crippen LogP contribution in [0.15, 0.2) is 41.1 Å². The molecule has 0 atom stereocenters. The largest absolute Gasteiger partial charge is 0.492 e. The number of nitrogens with one attached hydrogen (secondary N) is 1. The Balaban J connectivity index is 1.90. The quantitative estimate of drug-likeness (QED) is 0.773. The third-order valence-electron chi connectivity index (χ3n) is 3.28. The first-order chi connectivity index (χ1) is 10.7. The van der Waals surface area contributed by atoms with Crippen LogP contribution in [0.2, 0.25) is 0 Å². The van der Waals surface area contributed by atoms with E-state index >= 15 is 0 Å². The van der Waals surface area contributed by atoms with Gasteiger partial charge in [0.25, 0.3) is 0 Å². The zero-order valence-corrected chi connectivity index (χ0v) is 14.5. The molecule has 2 rings (SSSR count). The summed E-state index contributed by atoms with van der Waals surface area (Å²) >= 11 is 3.32. The lowest BCUT2D eigenvalue weighted by atomic mass is 10.3. The van der Waals surface area contributed by atoms with Crippen molar-refractivity contribution in [1.29, 1.82) is 0 Å². The van der Waals surface area contributed by atoms with Crippen LogP contribution in [0, 0.1) is 0 Å². The first-order valence-corrected chi connectivity index (χ1v) is 8.20. The standard InChI is InChI=1S/C16H21BrN4O/c1-3-21(4-2)8-9-22-15-7-5-6-14(10-15)20-16-18-11-13(17)12-19-16/h5-7,10-12H,3-4,8-9H2,1-2H3,(H,18,19,20). The van der Waals surface area contributed by atoms with Crippen LogP contribution in [0.25, 0.3) is 0 Å². The maximum absolute atomic E-state index is 5.81. The van der Waals surface area contributed by atoms with E-state index in [1.54, 1.807) is 12.4 Å². The van der Waals surface area contributed by atoms with Crippen molar-refractivity contribution in [3.63, 3.8) is 0 Å². The Bertz CT molecular complexity index is 573. The van der Waals surface area contributed by atoms with Crippen LogP contribution in [0.1, 0.15) is 13.8 Å². The summed E-state index contributed by atoms with van der Waals surface area (Å²) in [6.45, 7) is 8.02. The van der Waals surface area contributed by atoms with Crippen molar-refractivity contribution in [2.45, 2.75) is 13.8 Å². The minimum absolute atomic E-state index is 0.559. The van der Waals surface area contributed by atoms with Crippen LogP contribution < -0.4 is 10.1 Å². The molecule has 2 aromatic rings. The van der Waals surface area contributed by atoms with Crippen LogP contribution in [0.4, 0.5) is 11.6 Å². The molecule has 1 aromatic carbocycles. The van der Waals surface area contributed by atoms with Crippen molar-refractivity contribution in [3.8, 4) is 5.75 Å². The SMILES string of the molecule is CCN(CC)CCOc1cccc(Nc2ncc(Br)cn2)c1. The summed E-state index contributed by atoms with van der Waals surface area (Å²) in [7, 11) is 0. The fourth-order valence-electron chi connectivity index (χ4n) is 2.00. The van der Waals surface area contributed by atoms with Gasteiger partial charge in [-0.25, -0.2) is 9.97 Å². The van der Waals surface area contributed by atoms with Gasteiger partial charge in [0.1, 0.15) is 12.4 Å². The van der Waals surface area contributed by atoms with Crippen molar-refractivity contribution in [2.24, 2.45) is 0 Å². The maximum Gasteiger partial charge on any atom is 0.227 e. The first-order valence-electron chi connectivity index (χ1n) is 7.41. The van der Waals surface area contributed by atoms with Gasteiger partial charge in [-0.05, 0) is 41.2 Å². The van der Waals surface area contributed by atoms with Gasteiger partial charge in [0.05, 0.1) is 4.47 Å². The van der Waals surface area contributed by atoms with Crippen LogP contribution in [0.5, 0.6) is 5.75 Å². The van der Waals surface area contributed by atoms with Crippen molar-refractivity contribution in [2.75, 3.05) is 31.6 Å². The highest BCUT2D eigenvalue weighted by Gasteiger charge is 2.02. The summed E-state index contributed by atoms with van der Waals surface area (Å²) in [6.07, 6.45) is 3.42. The van der Waals surface area contributed by atoms with Gasteiger partial charge in [0, 0.05) is 30.7 Å². The van der Waals surface area contributed by atoms with Crippen molar-refractivity contribution < 1.29 is 4.74 Å². The molecule has 1 heterocycles. The van der Waals surface area contributed by atoms with Gasteiger partial charge in [-0.1, -0.05) is 19.9 Å². The summed E-state index contributed by atoms with van der Waals surface area (Å²) < 4.78 is 6.66. The van der Waals surface area contributed by atoms with Crippen molar-refractivity contribution in [3.05, 3.63) is 41.1 Å². The van der Waals surface area contributed by atoms with Gasteiger partial charge in [0.15, 0.2) is 0 Å². The lowest BCUT2D eigenvalue weighted by molar-refractivity contribution is 0.223. The zero-order valence-electron chi connectivity index (χ0n) is 12.9. The van der Waals surface area contributed by atoms with Gasteiger partial charge in [0.2, 0.25) is 5.95 Å². The van der Waals surface area contributed by atoms with Crippen LogP contribution in [-0.2, 0) is 0 Å². The van der Waals surface area contributed by atoms with E-state index in [-0.39, 0.29) is 0 Å².